The summed E-state index contributed by atoms with van der Waals surface area (Å²) >= 11 is 0. The van der Waals surface area contributed by atoms with Crippen molar-refractivity contribution in [1.82, 2.24) is 14.8 Å². The van der Waals surface area contributed by atoms with E-state index < -0.39 is 0 Å². The van der Waals surface area contributed by atoms with E-state index in [9.17, 15) is 9.59 Å². The lowest BCUT2D eigenvalue weighted by Crippen LogP contribution is -2.42. The molecule has 2 fully saturated rings. The Balaban J connectivity index is 1.54. The van der Waals surface area contributed by atoms with Crippen LogP contribution in [0, 0.1) is 11.8 Å². The van der Waals surface area contributed by atoms with Crippen molar-refractivity contribution in [3.05, 3.63) is 54.4 Å². The summed E-state index contributed by atoms with van der Waals surface area (Å²) in [7, 11) is 0. The normalized spacial score (nSPS) is 20.3. The van der Waals surface area contributed by atoms with Crippen LogP contribution in [0.25, 0.3) is 11.1 Å². The third-order valence-corrected chi connectivity index (χ3v) is 6.31. The van der Waals surface area contributed by atoms with E-state index in [0.29, 0.717) is 32.6 Å². The number of aromatic nitrogens is 1. The third kappa shape index (κ3) is 4.34. The number of carbonyl (C=O) groups excluding carboxylic acids is 2. The summed E-state index contributed by atoms with van der Waals surface area (Å²) in [6.45, 7) is 4.54. The number of amides is 2. The van der Waals surface area contributed by atoms with E-state index in [-0.39, 0.29) is 23.7 Å². The lowest BCUT2D eigenvalue weighted by atomic mass is 9.84. The highest BCUT2D eigenvalue weighted by Crippen LogP contribution is 2.30. The van der Waals surface area contributed by atoms with Gasteiger partial charge in [-0.15, -0.1) is 0 Å². The van der Waals surface area contributed by atoms with E-state index in [1.54, 1.807) is 12.4 Å². The summed E-state index contributed by atoms with van der Waals surface area (Å²) in [5.41, 5.74) is 3.37. The maximum Gasteiger partial charge on any atom is 0.227 e. The van der Waals surface area contributed by atoms with Crippen molar-refractivity contribution in [3.8, 4) is 11.1 Å². The van der Waals surface area contributed by atoms with Crippen LogP contribution < -0.4 is 0 Å². The molecule has 1 saturated carbocycles. The Morgan fingerprint density at radius 3 is 2.59 bits per heavy atom. The van der Waals surface area contributed by atoms with Crippen molar-refractivity contribution in [2.75, 3.05) is 26.2 Å². The van der Waals surface area contributed by atoms with Gasteiger partial charge in [-0.1, -0.05) is 30.7 Å². The van der Waals surface area contributed by atoms with Crippen molar-refractivity contribution < 1.29 is 9.59 Å². The Kier molecular flexibility index (Phi) is 5.93. The predicted molar refractivity (Wildman–Crippen MR) is 113 cm³/mol. The van der Waals surface area contributed by atoms with Crippen LogP contribution >= 0.6 is 0 Å². The number of rotatable bonds is 5. The van der Waals surface area contributed by atoms with Gasteiger partial charge in [-0.25, -0.2) is 0 Å². The summed E-state index contributed by atoms with van der Waals surface area (Å²) in [5, 5.41) is 0. The molecule has 2 heterocycles. The molecular weight excluding hydrogens is 362 g/mol. The van der Waals surface area contributed by atoms with Gasteiger partial charge in [0.2, 0.25) is 11.8 Å². The number of likely N-dealkylation sites (N-methyl/N-ethyl adjacent to an activating group) is 1. The standard InChI is InChI=1S/C24H29N3O2/c1-2-26-13-14-27(23(28)20-6-4-7-20)17-22(24(26)29)16-18-5-3-8-21(15-18)19-9-11-25-12-10-19/h3,5,8-12,15,20,22H,2,4,6-7,13-14,16-17H2,1H3/t22-/m0/s1. The number of pyridine rings is 1. The van der Waals surface area contributed by atoms with Crippen molar-refractivity contribution in [2.45, 2.75) is 32.6 Å². The van der Waals surface area contributed by atoms with Crippen molar-refractivity contribution in [3.63, 3.8) is 0 Å². The smallest absolute Gasteiger partial charge is 0.227 e. The van der Waals surface area contributed by atoms with Crippen molar-refractivity contribution >= 4 is 11.8 Å². The van der Waals surface area contributed by atoms with Gasteiger partial charge in [0.15, 0.2) is 0 Å². The average molecular weight is 392 g/mol. The first-order valence-corrected chi connectivity index (χ1v) is 10.7. The Hall–Kier alpha value is -2.69. The fraction of sp³-hybridized carbons (Fsp3) is 0.458. The van der Waals surface area contributed by atoms with Gasteiger partial charge in [0.25, 0.3) is 0 Å². The molecule has 1 atom stereocenters. The third-order valence-electron chi connectivity index (χ3n) is 6.31. The second-order valence-corrected chi connectivity index (χ2v) is 8.17. The van der Waals surface area contributed by atoms with Gasteiger partial charge in [0.05, 0.1) is 5.92 Å². The molecule has 1 aromatic heterocycles. The first-order valence-electron chi connectivity index (χ1n) is 10.7. The molecule has 1 aliphatic heterocycles. The molecule has 2 aliphatic rings. The number of nitrogens with zero attached hydrogens (tertiary/aromatic N) is 3. The Bertz CT molecular complexity index is 863. The van der Waals surface area contributed by atoms with E-state index in [4.69, 9.17) is 0 Å². The fourth-order valence-electron chi connectivity index (χ4n) is 4.33. The molecule has 1 saturated heterocycles. The van der Waals surface area contributed by atoms with Crippen LogP contribution in [0.1, 0.15) is 31.7 Å². The Labute approximate surface area is 172 Å². The zero-order valence-electron chi connectivity index (χ0n) is 17.1. The van der Waals surface area contributed by atoms with Crippen LogP contribution in [0.4, 0.5) is 0 Å². The van der Waals surface area contributed by atoms with Gasteiger partial charge in [0.1, 0.15) is 0 Å². The number of hydrogen-bond acceptors (Lipinski definition) is 3. The molecule has 0 unspecified atom stereocenters. The summed E-state index contributed by atoms with van der Waals surface area (Å²) in [6.07, 6.45) is 7.39. The maximum atomic E-state index is 13.1. The molecule has 152 valence electrons. The van der Waals surface area contributed by atoms with Gasteiger partial charge in [-0.05, 0) is 55.0 Å². The van der Waals surface area contributed by atoms with E-state index >= 15 is 0 Å². The van der Waals surface area contributed by atoms with Crippen LogP contribution in [0.15, 0.2) is 48.8 Å². The van der Waals surface area contributed by atoms with E-state index in [1.807, 2.05) is 34.9 Å². The second kappa shape index (κ2) is 8.76. The molecule has 0 N–H and O–H groups in total. The van der Waals surface area contributed by atoms with Crippen molar-refractivity contribution in [1.29, 1.82) is 0 Å². The largest absolute Gasteiger partial charge is 0.341 e. The quantitative estimate of drug-likeness (QED) is 0.785. The molecule has 1 aliphatic carbocycles. The zero-order chi connectivity index (χ0) is 20.2. The van der Waals surface area contributed by atoms with Gasteiger partial charge < -0.3 is 9.80 Å². The van der Waals surface area contributed by atoms with E-state index in [0.717, 1.165) is 36.0 Å². The molecule has 4 rings (SSSR count). The highest BCUT2D eigenvalue weighted by Gasteiger charge is 2.35. The molecule has 0 bridgehead atoms. The molecule has 2 aromatic rings. The van der Waals surface area contributed by atoms with Gasteiger partial charge in [0, 0.05) is 44.5 Å². The van der Waals surface area contributed by atoms with Gasteiger partial charge in [-0.2, -0.15) is 0 Å². The highest BCUT2D eigenvalue weighted by molar-refractivity contribution is 5.83. The molecule has 2 amide bonds. The molecule has 29 heavy (non-hydrogen) atoms. The van der Waals surface area contributed by atoms with Crippen molar-refractivity contribution in [2.24, 2.45) is 11.8 Å². The summed E-state index contributed by atoms with van der Waals surface area (Å²) < 4.78 is 0. The molecule has 5 nitrogen and oxygen atoms in total. The molecule has 0 radical (unpaired) electrons. The highest BCUT2D eigenvalue weighted by atomic mass is 16.2. The average Bonchev–Trinajstić information content (AvgIpc) is 2.86. The van der Waals surface area contributed by atoms with Crippen LogP contribution in [-0.2, 0) is 16.0 Å². The molecular formula is C24H29N3O2. The minimum atomic E-state index is -0.186. The van der Waals surface area contributed by atoms with Crippen LogP contribution in [0.3, 0.4) is 0 Å². The first-order chi connectivity index (χ1) is 14.2. The minimum Gasteiger partial charge on any atom is -0.341 e. The van der Waals surface area contributed by atoms with Crippen LogP contribution in [-0.4, -0.2) is 52.8 Å². The van der Waals surface area contributed by atoms with E-state index in [1.165, 1.54) is 0 Å². The number of hydrogen-bond donors (Lipinski definition) is 0. The van der Waals surface area contributed by atoms with Crippen LogP contribution in [0.2, 0.25) is 0 Å². The molecule has 1 aromatic carbocycles. The lowest BCUT2D eigenvalue weighted by Gasteiger charge is -2.31. The molecule has 5 heteroatoms. The molecule has 0 spiro atoms. The van der Waals surface area contributed by atoms with Gasteiger partial charge in [-0.3, -0.25) is 14.6 Å². The first kappa shape index (κ1) is 19.6. The SMILES string of the molecule is CCN1CCN(C(=O)C2CCC2)C[C@H](Cc2cccc(-c3ccncc3)c2)C1=O. The lowest BCUT2D eigenvalue weighted by molar-refractivity contribution is -0.138. The summed E-state index contributed by atoms with van der Waals surface area (Å²) in [5.74, 6) is 0.409. The topological polar surface area (TPSA) is 53.5 Å². The predicted octanol–water partition coefficient (Wildman–Crippen LogP) is 3.40. The zero-order valence-corrected chi connectivity index (χ0v) is 17.1. The monoisotopic (exact) mass is 391 g/mol. The second-order valence-electron chi connectivity index (χ2n) is 8.17. The van der Waals surface area contributed by atoms with E-state index in [2.05, 4.69) is 23.2 Å². The summed E-state index contributed by atoms with van der Waals surface area (Å²) in [6, 6.07) is 12.3. The maximum absolute atomic E-state index is 13.1. The van der Waals surface area contributed by atoms with Crippen LogP contribution in [0.5, 0.6) is 0 Å². The fourth-order valence-corrected chi connectivity index (χ4v) is 4.33. The number of benzene rings is 1. The minimum absolute atomic E-state index is 0.172. The number of carbonyl (C=O) groups is 2. The van der Waals surface area contributed by atoms with Gasteiger partial charge >= 0.3 is 0 Å². The Morgan fingerprint density at radius 1 is 1.10 bits per heavy atom. The Morgan fingerprint density at radius 2 is 1.90 bits per heavy atom. The summed E-state index contributed by atoms with van der Waals surface area (Å²) in [4.78, 5) is 33.9.